The largest absolute Gasteiger partial charge is 0.481 e. The van der Waals surface area contributed by atoms with Crippen LogP contribution in [-0.2, 0) is 28.9 Å². The van der Waals surface area contributed by atoms with Gasteiger partial charge in [0, 0.05) is 52.3 Å². The van der Waals surface area contributed by atoms with Crippen LogP contribution in [0.5, 0.6) is 0 Å². The van der Waals surface area contributed by atoms with Crippen LogP contribution < -0.4 is 10.9 Å². The van der Waals surface area contributed by atoms with Gasteiger partial charge in [-0.15, -0.1) is 11.6 Å². The van der Waals surface area contributed by atoms with E-state index in [-0.39, 0.29) is 40.3 Å². The molecule has 1 aromatic heterocycles. The number of halogens is 1. The molecule has 5 fully saturated rings. The zero-order valence-electron chi connectivity index (χ0n) is 25.9. The van der Waals surface area contributed by atoms with Crippen molar-refractivity contribution in [3.05, 3.63) is 33.2 Å². The summed E-state index contributed by atoms with van der Waals surface area (Å²) >= 11 is 8.59. The number of carbonyl (C=O) groups is 1. The summed E-state index contributed by atoms with van der Waals surface area (Å²) in [6.45, 7) is 7.77. The van der Waals surface area contributed by atoms with E-state index in [4.69, 9.17) is 16.3 Å². The second-order valence-electron chi connectivity index (χ2n) is 14.9. The van der Waals surface area contributed by atoms with Crippen molar-refractivity contribution < 1.29 is 14.6 Å². The molecule has 43 heavy (non-hydrogen) atoms. The van der Waals surface area contributed by atoms with Gasteiger partial charge in [0.1, 0.15) is 0 Å². The topological polar surface area (TPSA) is 83.8 Å². The van der Waals surface area contributed by atoms with E-state index >= 15 is 0 Å². The number of nitrogens with zero attached hydrogens (tertiary/aromatic N) is 2. The number of nitrogens with one attached hydrogen (secondary N) is 1. The van der Waals surface area contributed by atoms with E-state index in [9.17, 15) is 14.7 Å². The summed E-state index contributed by atoms with van der Waals surface area (Å²) in [6, 6.07) is 3.40. The average molecular weight is 632 g/mol. The summed E-state index contributed by atoms with van der Waals surface area (Å²) < 4.78 is 8.67. The average Bonchev–Trinajstić information content (AvgIpc) is 3.74. The predicted octanol–water partition coefficient (Wildman–Crippen LogP) is 4.87. The van der Waals surface area contributed by atoms with Crippen molar-refractivity contribution in [1.29, 1.82) is 0 Å². The van der Waals surface area contributed by atoms with Crippen molar-refractivity contribution in [2.45, 2.75) is 126 Å². The number of alkyl halides is 1. The number of carboxylic acid groups (broad SMARTS) is 1. The van der Waals surface area contributed by atoms with Crippen molar-refractivity contribution >= 4 is 29.3 Å². The number of hydrogen-bond donors (Lipinski definition) is 2. The SMILES string of the molecule is Cc1cc2c(c(=O)n1CCOC1CCC(Cl)CC1C1CC(C)NC3C(C(=O)O)CSC13)CC1(CC2)CCN(C2CC2)CC1. The molecular formula is C34H50ClN3O4S. The van der Waals surface area contributed by atoms with Gasteiger partial charge >= 0.3 is 5.97 Å². The van der Waals surface area contributed by atoms with Crippen LogP contribution >= 0.6 is 23.4 Å². The molecule has 7 rings (SSSR count). The smallest absolute Gasteiger partial charge is 0.308 e. The molecule has 8 unspecified atom stereocenters. The molecule has 3 saturated heterocycles. The molecular weight excluding hydrogens is 582 g/mol. The first-order chi connectivity index (χ1) is 20.7. The van der Waals surface area contributed by atoms with Gasteiger partial charge in [-0.25, -0.2) is 0 Å². The molecule has 0 radical (unpaired) electrons. The Morgan fingerprint density at radius 1 is 1.16 bits per heavy atom. The predicted molar refractivity (Wildman–Crippen MR) is 172 cm³/mol. The van der Waals surface area contributed by atoms with Gasteiger partial charge in [-0.05, 0) is 126 Å². The molecule has 0 bridgehead atoms. The summed E-state index contributed by atoms with van der Waals surface area (Å²) in [5, 5.41) is 13.9. The Kier molecular flexibility index (Phi) is 8.73. The Morgan fingerprint density at radius 3 is 2.70 bits per heavy atom. The zero-order chi connectivity index (χ0) is 29.9. The zero-order valence-corrected chi connectivity index (χ0v) is 27.5. The van der Waals surface area contributed by atoms with E-state index in [1.54, 1.807) is 0 Å². The lowest BCUT2D eigenvalue weighted by Gasteiger charge is -2.47. The highest BCUT2D eigenvalue weighted by Crippen LogP contribution is 2.49. The van der Waals surface area contributed by atoms with Crippen molar-refractivity contribution in [2.24, 2.45) is 23.2 Å². The molecule has 7 nitrogen and oxygen atoms in total. The third-order valence-electron chi connectivity index (χ3n) is 12.2. The van der Waals surface area contributed by atoms with Gasteiger partial charge in [0.05, 0.1) is 18.6 Å². The van der Waals surface area contributed by atoms with Gasteiger partial charge in [-0.3, -0.25) is 9.59 Å². The fourth-order valence-corrected chi connectivity index (χ4v) is 11.7. The fourth-order valence-electron chi connectivity index (χ4n) is 9.57. The molecule has 1 aromatic rings. The Balaban J connectivity index is 1.03. The standard InChI is InChI=1S/C34H50ClN3O4S/c1-20-15-26(31-30(36-20)28(19-43-31)33(40)41)25-17-23(35)3-6-29(25)42-14-13-38-21(2)16-22-7-8-34(18-27(22)32(38)39)9-11-37(12-10-34)24-4-5-24/h16,20,23-26,28-31,36H,3-15,17-19H2,1-2H3,(H,40,41). The maximum absolute atomic E-state index is 13.9. The summed E-state index contributed by atoms with van der Waals surface area (Å²) in [6.07, 6.45) is 12.3. The molecule has 0 amide bonds. The summed E-state index contributed by atoms with van der Waals surface area (Å²) in [5.74, 6) is 0.351. The lowest BCUT2D eigenvalue weighted by Crippen LogP contribution is -2.57. The Hall–Kier alpha value is -1.06. The fraction of sp³-hybridized carbons (Fsp3) is 0.824. The van der Waals surface area contributed by atoms with E-state index in [2.05, 4.69) is 30.1 Å². The Labute approximate surface area is 265 Å². The van der Waals surface area contributed by atoms with Gasteiger partial charge in [-0.1, -0.05) is 0 Å². The Bertz CT molecular complexity index is 1260. The van der Waals surface area contributed by atoms with E-state index in [1.165, 1.54) is 50.8 Å². The molecule has 9 heteroatoms. The number of thioether (sulfide) groups is 1. The molecule has 8 atom stereocenters. The summed E-state index contributed by atoms with van der Waals surface area (Å²) in [4.78, 5) is 28.6. The van der Waals surface area contributed by atoms with Crippen LogP contribution in [-0.4, -0.2) is 80.8 Å². The second kappa shape index (κ2) is 12.3. The van der Waals surface area contributed by atoms with E-state index in [1.807, 2.05) is 16.3 Å². The molecule has 1 spiro atoms. The molecule has 4 heterocycles. The molecule has 2 N–H and O–H groups in total. The van der Waals surface area contributed by atoms with Gasteiger partial charge in [0.25, 0.3) is 5.56 Å². The first-order valence-corrected chi connectivity index (χ1v) is 18.5. The number of hydrogen-bond acceptors (Lipinski definition) is 6. The number of likely N-dealkylation sites (tertiary alicyclic amines) is 1. The second-order valence-corrected chi connectivity index (χ2v) is 16.7. The quantitative estimate of drug-likeness (QED) is 0.416. The van der Waals surface area contributed by atoms with E-state index in [0.717, 1.165) is 55.8 Å². The first-order valence-electron chi connectivity index (χ1n) is 17.0. The van der Waals surface area contributed by atoms with Crippen molar-refractivity contribution in [2.75, 3.05) is 25.4 Å². The van der Waals surface area contributed by atoms with Crippen molar-refractivity contribution in [3.63, 3.8) is 0 Å². The minimum absolute atomic E-state index is 0.00793. The normalized spacial score (nSPS) is 37.7. The van der Waals surface area contributed by atoms with Crippen LogP contribution in [0.4, 0.5) is 0 Å². The maximum atomic E-state index is 13.9. The maximum Gasteiger partial charge on any atom is 0.308 e. The van der Waals surface area contributed by atoms with Crippen LogP contribution in [0, 0.1) is 30.1 Å². The summed E-state index contributed by atoms with van der Waals surface area (Å²) in [7, 11) is 0. The van der Waals surface area contributed by atoms with Gasteiger partial charge < -0.3 is 24.6 Å². The monoisotopic (exact) mass is 631 g/mol. The molecule has 3 aliphatic heterocycles. The number of pyridine rings is 1. The number of carboxylic acids is 1. The van der Waals surface area contributed by atoms with Crippen LogP contribution in [0.25, 0.3) is 0 Å². The van der Waals surface area contributed by atoms with E-state index in [0.29, 0.717) is 36.2 Å². The minimum Gasteiger partial charge on any atom is -0.481 e. The first kappa shape index (κ1) is 30.6. The molecule has 3 aliphatic carbocycles. The highest BCUT2D eigenvalue weighted by molar-refractivity contribution is 8.00. The van der Waals surface area contributed by atoms with Crippen LogP contribution in [0.15, 0.2) is 10.9 Å². The molecule has 2 saturated carbocycles. The van der Waals surface area contributed by atoms with Crippen LogP contribution in [0.3, 0.4) is 0 Å². The van der Waals surface area contributed by atoms with Crippen molar-refractivity contribution in [1.82, 2.24) is 14.8 Å². The third-order valence-corrected chi connectivity index (χ3v) is 14.1. The van der Waals surface area contributed by atoms with Gasteiger partial charge in [0.2, 0.25) is 0 Å². The highest BCUT2D eigenvalue weighted by atomic mass is 35.5. The molecule has 0 aromatic carbocycles. The molecule has 238 valence electrons. The minimum atomic E-state index is -0.687. The summed E-state index contributed by atoms with van der Waals surface area (Å²) in [5.41, 5.74) is 3.90. The lowest BCUT2D eigenvalue weighted by atomic mass is 9.66. The number of aliphatic carboxylic acids is 1. The van der Waals surface area contributed by atoms with Crippen molar-refractivity contribution in [3.8, 4) is 0 Å². The molecule has 6 aliphatic rings. The number of aromatic nitrogens is 1. The van der Waals surface area contributed by atoms with Gasteiger partial charge in [0.15, 0.2) is 0 Å². The number of rotatable bonds is 7. The van der Waals surface area contributed by atoms with E-state index < -0.39 is 5.97 Å². The Morgan fingerprint density at radius 2 is 1.95 bits per heavy atom. The number of ether oxygens (including phenoxy) is 1. The number of fused-ring (bicyclic) bond motifs is 2. The number of aryl methyl sites for hydroxylation is 2. The van der Waals surface area contributed by atoms with Crippen LogP contribution in [0.2, 0.25) is 0 Å². The lowest BCUT2D eigenvalue weighted by molar-refractivity contribution is -0.142. The van der Waals surface area contributed by atoms with Gasteiger partial charge in [-0.2, -0.15) is 11.8 Å². The van der Waals surface area contributed by atoms with Crippen LogP contribution in [0.1, 0.15) is 81.5 Å². The third kappa shape index (κ3) is 6.09. The number of piperidine rings is 2. The highest BCUT2D eigenvalue weighted by Gasteiger charge is 2.52.